The number of amides is 1. The third-order valence-corrected chi connectivity index (χ3v) is 2.96. The Balaban J connectivity index is 0.000000607. The lowest BCUT2D eigenvalue weighted by atomic mass is 10.1. The van der Waals surface area contributed by atoms with E-state index >= 15 is 0 Å². The van der Waals surface area contributed by atoms with Gasteiger partial charge >= 0.3 is 0 Å². The first-order valence-corrected chi connectivity index (χ1v) is 11.3. The molecular weight excluding hydrogens is 412 g/mol. The van der Waals surface area contributed by atoms with Crippen LogP contribution in [0.15, 0.2) is 34.9 Å². The molecule has 1 heterocycles. The van der Waals surface area contributed by atoms with Gasteiger partial charge in [0.1, 0.15) is 6.34 Å². The Morgan fingerprint density at radius 3 is 2.18 bits per heavy atom. The third kappa shape index (κ3) is 13.7. The van der Waals surface area contributed by atoms with Gasteiger partial charge in [0.2, 0.25) is 0 Å². The van der Waals surface area contributed by atoms with Crippen molar-refractivity contribution in [2.75, 3.05) is 31.0 Å². The van der Waals surface area contributed by atoms with Gasteiger partial charge in [-0.05, 0) is 24.1 Å². The summed E-state index contributed by atoms with van der Waals surface area (Å²) in [5.41, 5.74) is 2.91. The summed E-state index contributed by atoms with van der Waals surface area (Å²) in [6.07, 6.45) is 5.23. The highest BCUT2D eigenvalue weighted by molar-refractivity contribution is 7.85. The lowest BCUT2D eigenvalue weighted by Gasteiger charge is -2.18. The molecule has 11 nitrogen and oxygen atoms in total. The van der Waals surface area contributed by atoms with Gasteiger partial charge in [0.05, 0.1) is 12.5 Å². The molecule has 0 atom stereocenters. The molecule has 1 aliphatic heterocycles. The quantitative estimate of drug-likeness (QED) is 0.162. The Morgan fingerprint density at radius 1 is 1.18 bits per heavy atom. The maximum atomic E-state index is 11.9. The summed E-state index contributed by atoms with van der Waals surface area (Å²) in [5.74, 6) is 4.80. The number of benzene rings is 1. The average molecular weight is 437 g/mol. The fourth-order valence-electron chi connectivity index (χ4n) is 1.99. The zero-order valence-electron chi connectivity index (χ0n) is 15.6. The number of nitrogens with two attached hydrogens (primary N) is 1. The van der Waals surface area contributed by atoms with E-state index in [9.17, 15) is 21.6 Å². The van der Waals surface area contributed by atoms with Gasteiger partial charge in [0.25, 0.3) is 26.1 Å². The number of nitrogens with one attached hydrogen (secondary N) is 1. The van der Waals surface area contributed by atoms with Crippen LogP contribution in [0.3, 0.4) is 0 Å². The Bertz CT molecular complexity index is 879. The van der Waals surface area contributed by atoms with Gasteiger partial charge in [-0.3, -0.25) is 13.9 Å². The smallest absolute Gasteiger partial charge is 0.261 e. The second-order valence-electron chi connectivity index (χ2n) is 5.62. The summed E-state index contributed by atoms with van der Waals surface area (Å²) in [5, 5.41) is 5.79. The molecule has 0 aliphatic carbocycles. The molecule has 158 valence electrons. The summed E-state index contributed by atoms with van der Waals surface area (Å²) >= 11 is 0. The van der Waals surface area contributed by atoms with Crippen LogP contribution in [-0.2, 0) is 25.0 Å². The van der Waals surface area contributed by atoms with Crippen molar-refractivity contribution in [1.82, 2.24) is 5.32 Å². The molecule has 13 heteroatoms. The fourth-order valence-corrected chi connectivity index (χ4v) is 1.99. The Hall–Kier alpha value is -2.48. The van der Waals surface area contributed by atoms with Crippen molar-refractivity contribution in [2.24, 2.45) is 10.9 Å². The highest BCUT2D eigenvalue weighted by atomic mass is 32.2. The minimum Gasteiger partial charge on any atom is -0.374 e. The van der Waals surface area contributed by atoms with E-state index in [1.165, 1.54) is 6.34 Å². The van der Waals surface area contributed by atoms with Crippen LogP contribution in [0.5, 0.6) is 0 Å². The van der Waals surface area contributed by atoms with E-state index in [0.717, 1.165) is 23.4 Å². The van der Waals surface area contributed by atoms with Crippen LogP contribution in [0.1, 0.15) is 12.0 Å². The lowest BCUT2D eigenvalue weighted by molar-refractivity contribution is -0.116. The molecule has 1 aromatic rings. The zero-order chi connectivity index (χ0) is 22.0. The van der Waals surface area contributed by atoms with Crippen molar-refractivity contribution in [2.45, 2.75) is 6.42 Å². The van der Waals surface area contributed by atoms with Crippen LogP contribution in [0.4, 0.5) is 5.69 Å². The zero-order valence-corrected chi connectivity index (χ0v) is 17.2. The van der Waals surface area contributed by atoms with Crippen molar-refractivity contribution >= 4 is 44.2 Å². The molecule has 1 amide bonds. The van der Waals surface area contributed by atoms with E-state index in [-0.39, 0.29) is 5.91 Å². The standard InChI is InChI=1S/C13H16N4O.2CH4O3S/c1-17-7-6-11(13(18)15-9-16-14)8-10-4-2-3-5-12(10)17;2*1-5(2,3)4/h2-5,8-9H,6-7,14H2,1H3,(H,15,16,18);2*1H3,(H,2,3,4). The summed E-state index contributed by atoms with van der Waals surface area (Å²) in [6.45, 7) is 0.802. The summed E-state index contributed by atoms with van der Waals surface area (Å²) in [6, 6.07) is 8.01. The highest BCUT2D eigenvalue weighted by Gasteiger charge is 2.16. The Morgan fingerprint density at radius 2 is 1.68 bits per heavy atom. The molecule has 0 spiro atoms. The minimum absolute atomic E-state index is 0.158. The second-order valence-corrected chi connectivity index (χ2v) is 8.55. The number of rotatable bonds is 2. The van der Waals surface area contributed by atoms with Crippen LogP contribution in [0.2, 0.25) is 0 Å². The molecule has 0 bridgehead atoms. The highest BCUT2D eigenvalue weighted by Crippen LogP contribution is 2.26. The van der Waals surface area contributed by atoms with Crippen molar-refractivity contribution in [3.05, 3.63) is 35.4 Å². The normalized spacial score (nSPS) is 13.8. The van der Waals surface area contributed by atoms with Crippen LogP contribution >= 0.6 is 0 Å². The summed E-state index contributed by atoms with van der Waals surface area (Å²) < 4.78 is 51.7. The predicted molar refractivity (Wildman–Crippen MR) is 108 cm³/mol. The van der Waals surface area contributed by atoms with Gasteiger partial charge in [0.15, 0.2) is 0 Å². The van der Waals surface area contributed by atoms with Crippen molar-refractivity contribution in [3.63, 3.8) is 0 Å². The molecule has 0 saturated carbocycles. The van der Waals surface area contributed by atoms with Crippen LogP contribution in [0.25, 0.3) is 6.08 Å². The van der Waals surface area contributed by atoms with Crippen LogP contribution < -0.4 is 16.1 Å². The number of hydrazone groups is 1. The first-order chi connectivity index (χ1) is 12.7. The van der Waals surface area contributed by atoms with Crippen molar-refractivity contribution in [3.8, 4) is 0 Å². The van der Waals surface area contributed by atoms with Gasteiger partial charge in [-0.25, -0.2) is 0 Å². The van der Waals surface area contributed by atoms with Crippen LogP contribution in [0, 0.1) is 0 Å². The molecule has 0 fully saturated rings. The molecule has 2 rings (SSSR count). The topological polar surface area (TPSA) is 179 Å². The summed E-state index contributed by atoms with van der Waals surface area (Å²) in [4.78, 5) is 14.0. The fraction of sp³-hybridized carbons (Fsp3) is 0.333. The molecule has 0 saturated heterocycles. The number of carbonyl (C=O) groups excluding carboxylic acids is 1. The van der Waals surface area contributed by atoms with Gasteiger partial charge in [-0.1, -0.05) is 18.2 Å². The number of fused-ring (bicyclic) bond motifs is 1. The van der Waals surface area contributed by atoms with Crippen molar-refractivity contribution < 1.29 is 30.7 Å². The van der Waals surface area contributed by atoms with Gasteiger partial charge in [-0.2, -0.15) is 21.9 Å². The molecule has 0 radical (unpaired) electrons. The Kier molecular flexibility index (Phi) is 10.4. The molecule has 28 heavy (non-hydrogen) atoms. The van der Waals surface area contributed by atoms with E-state index in [2.05, 4.69) is 15.3 Å². The molecule has 5 N–H and O–H groups in total. The molecule has 0 unspecified atom stereocenters. The molecule has 0 aromatic heterocycles. The van der Waals surface area contributed by atoms with Gasteiger partial charge < -0.3 is 16.1 Å². The maximum absolute atomic E-state index is 11.9. The maximum Gasteiger partial charge on any atom is 0.261 e. The van der Waals surface area contributed by atoms with E-state index in [4.69, 9.17) is 14.9 Å². The SMILES string of the molecule is CN1CCC(C(=O)NC=NN)=Cc2ccccc21.CS(=O)(=O)O.CS(=O)(=O)O. The lowest BCUT2D eigenvalue weighted by Crippen LogP contribution is -2.25. The first kappa shape index (κ1) is 25.5. The monoisotopic (exact) mass is 436 g/mol. The van der Waals surface area contributed by atoms with Gasteiger partial charge in [-0.15, -0.1) is 0 Å². The van der Waals surface area contributed by atoms with E-state index in [1.807, 2.05) is 37.4 Å². The first-order valence-electron chi connectivity index (χ1n) is 7.60. The third-order valence-electron chi connectivity index (χ3n) is 2.96. The number of anilines is 1. The van der Waals surface area contributed by atoms with Crippen molar-refractivity contribution in [1.29, 1.82) is 0 Å². The summed E-state index contributed by atoms with van der Waals surface area (Å²) in [7, 11) is -5.31. The molecular formula is C15H24N4O7S2. The van der Waals surface area contributed by atoms with E-state index < -0.39 is 20.2 Å². The molecule has 1 aromatic carbocycles. The minimum atomic E-state index is -3.67. The number of hydrogen-bond donors (Lipinski definition) is 4. The number of hydrogen-bond acceptors (Lipinski definition) is 8. The van der Waals surface area contributed by atoms with Crippen LogP contribution in [-0.4, -0.2) is 64.3 Å². The Labute approximate surface area is 164 Å². The largest absolute Gasteiger partial charge is 0.374 e. The number of carbonyl (C=O) groups is 1. The molecule has 1 aliphatic rings. The number of nitrogens with zero attached hydrogens (tertiary/aromatic N) is 2. The van der Waals surface area contributed by atoms with E-state index in [0.29, 0.717) is 18.9 Å². The predicted octanol–water partition coefficient (Wildman–Crippen LogP) is -0.0639. The number of para-hydroxylation sites is 1. The average Bonchev–Trinajstić information content (AvgIpc) is 2.69. The second kappa shape index (κ2) is 11.4. The van der Waals surface area contributed by atoms with Gasteiger partial charge in [0, 0.05) is 24.9 Å². The van der Waals surface area contributed by atoms with E-state index in [1.54, 1.807) is 0 Å².